The summed E-state index contributed by atoms with van der Waals surface area (Å²) >= 11 is 3.50. The molecule has 0 N–H and O–H groups in total. The fourth-order valence-corrected chi connectivity index (χ4v) is 4.94. The number of aromatic nitrogens is 1. The summed E-state index contributed by atoms with van der Waals surface area (Å²) in [5.41, 5.74) is 0.499. The van der Waals surface area contributed by atoms with Gasteiger partial charge in [-0.15, -0.1) is 6.07 Å². The van der Waals surface area contributed by atoms with Gasteiger partial charge in [0, 0.05) is 23.1 Å². The second kappa shape index (κ2) is 11.1. The molecule has 0 radical (unpaired) electrons. The largest absolute Gasteiger partial charge is 2.00 e. The normalized spacial score (nSPS) is 12.2. The third kappa shape index (κ3) is 6.85. The van der Waals surface area contributed by atoms with Gasteiger partial charge in [-0.1, -0.05) is 86.2 Å². The van der Waals surface area contributed by atoms with Gasteiger partial charge >= 0.3 is 21.1 Å². The van der Waals surface area contributed by atoms with Gasteiger partial charge in [0.05, 0.1) is 5.76 Å². The maximum absolute atomic E-state index is 11.7. The van der Waals surface area contributed by atoms with E-state index in [1.807, 2.05) is 47.7 Å². The molecule has 0 spiro atoms. The fourth-order valence-electron chi connectivity index (χ4n) is 2.93. The Morgan fingerprint density at radius 1 is 1.06 bits per heavy atom. The second-order valence-electron chi connectivity index (χ2n) is 9.57. The fraction of sp³-hybridized carbons (Fsp3) is 0.296. The first-order valence-corrected chi connectivity index (χ1v) is 12.1. The van der Waals surface area contributed by atoms with E-state index in [-0.39, 0.29) is 37.7 Å². The summed E-state index contributed by atoms with van der Waals surface area (Å²) in [6, 6.07) is 16.0. The molecule has 1 aromatic carbocycles. The Bertz CT molecular complexity index is 1220. The van der Waals surface area contributed by atoms with Crippen LogP contribution in [0.15, 0.2) is 59.8 Å². The van der Waals surface area contributed by atoms with Crippen molar-refractivity contribution in [3.8, 4) is 10.6 Å². The Hall–Kier alpha value is -1.81. The molecule has 176 valence electrons. The first-order valence-electron chi connectivity index (χ1n) is 10.4. The molecule has 4 rings (SSSR count). The quantitative estimate of drug-likeness (QED) is 0.126. The minimum atomic E-state index is -0.366. The molecule has 0 atom stereocenters. The Balaban J connectivity index is 0.000000236. The maximum Gasteiger partial charge on any atom is 2.00 e. The molecule has 0 aliphatic rings. The maximum atomic E-state index is 11.7. The SMILES string of the molecule is [CH2-]O/C(=C\C(=O)C(C)(C)C)C(C)(C)C.[Pt+2].[c-]1c(-c2nccc3ccccc23)sc2ccsc12. The molecule has 3 heterocycles. The monoisotopic (exact) mass is 658 g/mol. The topological polar surface area (TPSA) is 39.2 Å². The number of ketones is 1. The van der Waals surface area contributed by atoms with Gasteiger partial charge in [-0.25, -0.2) is 11.3 Å². The van der Waals surface area contributed by atoms with Crippen LogP contribution in [-0.4, -0.2) is 10.8 Å². The molecular formula is C27H29NO2PtS2. The summed E-state index contributed by atoms with van der Waals surface area (Å²) < 4.78 is 7.49. The molecule has 0 saturated heterocycles. The number of fused-ring (bicyclic) bond motifs is 2. The molecule has 3 nitrogen and oxygen atoms in total. The van der Waals surface area contributed by atoms with Crippen molar-refractivity contribution in [1.82, 2.24) is 4.98 Å². The van der Waals surface area contributed by atoms with Crippen molar-refractivity contribution in [1.29, 1.82) is 0 Å². The van der Waals surface area contributed by atoms with Gasteiger partial charge in [-0.2, -0.15) is 18.4 Å². The van der Waals surface area contributed by atoms with Crippen LogP contribution in [0, 0.1) is 24.0 Å². The summed E-state index contributed by atoms with van der Waals surface area (Å²) in [6.07, 6.45) is 3.42. The van der Waals surface area contributed by atoms with Gasteiger partial charge in [0.1, 0.15) is 0 Å². The standard InChI is InChI=1S/C15H8NS2.C12H21O2.Pt/c1-2-4-11-10(3-1)5-7-16-15(11)14-9-13-12(18-14)6-8-17-13;1-11(2,3)9(13)8-10(14-7)12(4,5)6;/h1-8H;8H,7H2,1-6H3;/q2*-1;+2/b;10-8-;. The molecule has 0 aliphatic carbocycles. The Kier molecular flexibility index (Phi) is 9.21. The number of benzene rings is 1. The number of allylic oxidation sites excluding steroid dienone is 2. The van der Waals surface area contributed by atoms with E-state index in [0.29, 0.717) is 5.76 Å². The smallest absolute Gasteiger partial charge is 0.668 e. The average Bonchev–Trinajstić information content (AvgIpc) is 3.32. The summed E-state index contributed by atoms with van der Waals surface area (Å²) in [5.74, 6) is 0.684. The van der Waals surface area contributed by atoms with Crippen molar-refractivity contribution in [3.63, 3.8) is 0 Å². The number of hydrogen-bond donors (Lipinski definition) is 0. The van der Waals surface area contributed by atoms with Crippen molar-refractivity contribution in [3.05, 3.63) is 73.0 Å². The minimum Gasteiger partial charge on any atom is -0.668 e. The zero-order valence-corrected chi connectivity index (χ0v) is 23.7. The van der Waals surface area contributed by atoms with Crippen molar-refractivity contribution in [2.24, 2.45) is 10.8 Å². The van der Waals surface area contributed by atoms with Crippen LogP contribution in [0.4, 0.5) is 0 Å². The third-order valence-electron chi connectivity index (χ3n) is 4.85. The number of hydrogen-bond acceptors (Lipinski definition) is 5. The Morgan fingerprint density at radius 3 is 2.36 bits per heavy atom. The Morgan fingerprint density at radius 2 is 1.76 bits per heavy atom. The van der Waals surface area contributed by atoms with E-state index in [0.717, 1.165) is 10.6 Å². The number of thiophene rings is 2. The molecule has 0 aliphatic heterocycles. The van der Waals surface area contributed by atoms with E-state index in [9.17, 15) is 4.79 Å². The summed E-state index contributed by atoms with van der Waals surface area (Å²) in [7, 11) is 3.37. The summed E-state index contributed by atoms with van der Waals surface area (Å²) in [6.45, 7) is 11.6. The number of carbonyl (C=O) groups excluding carboxylic acids is 1. The zero-order chi connectivity index (χ0) is 23.5. The second-order valence-corrected chi connectivity index (χ2v) is 11.5. The summed E-state index contributed by atoms with van der Waals surface area (Å²) in [5, 5.41) is 4.54. The minimum absolute atomic E-state index is 0. The number of carbonyl (C=O) groups is 1. The van der Waals surface area contributed by atoms with Crippen LogP contribution in [0.2, 0.25) is 0 Å². The number of pyridine rings is 1. The predicted octanol–water partition coefficient (Wildman–Crippen LogP) is 8.32. The molecule has 4 aromatic rings. The molecule has 0 saturated carbocycles. The van der Waals surface area contributed by atoms with Crippen molar-refractivity contribution >= 4 is 48.6 Å². The molecule has 3 aromatic heterocycles. The average molecular weight is 659 g/mol. The van der Waals surface area contributed by atoms with Crippen LogP contribution in [0.3, 0.4) is 0 Å². The molecule has 0 unspecified atom stereocenters. The van der Waals surface area contributed by atoms with Crippen LogP contribution < -0.4 is 0 Å². The van der Waals surface area contributed by atoms with Gasteiger partial charge in [0.15, 0.2) is 5.78 Å². The van der Waals surface area contributed by atoms with Crippen LogP contribution in [0.1, 0.15) is 41.5 Å². The van der Waals surface area contributed by atoms with E-state index in [1.165, 1.54) is 20.2 Å². The van der Waals surface area contributed by atoms with Gasteiger partial charge in [-0.3, -0.25) is 4.79 Å². The summed E-state index contributed by atoms with van der Waals surface area (Å²) in [4.78, 5) is 17.4. The Labute approximate surface area is 219 Å². The first kappa shape index (κ1) is 27.4. The van der Waals surface area contributed by atoms with Gasteiger partial charge in [0.25, 0.3) is 0 Å². The van der Waals surface area contributed by atoms with Crippen molar-refractivity contribution in [2.45, 2.75) is 41.5 Å². The van der Waals surface area contributed by atoms with Crippen molar-refractivity contribution < 1.29 is 30.6 Å². The molecule has 0 amide bonds. The van der Waals surface area contributed by atoms with E-state index in [4.69, 9.17) is 4.74 Å². The number of ether oxygens (including phenoxy) is 1. The van der Waals surface area contributed by atoms with E-state index < -0.39 is 0 Å². The van der Waals surface area contributed by atoms with Gasteiger partial charge in [0.2, 0.25) is 0 Å². The molecule has 6 heteroatoms. The molecular weight excluding hydrogens is 630 g/mol. The van der Waals surface area contributed by atoms with Gasteiger partial charge < -0.3 is 9.72 Å². The van der Waals surface area contributed by atoms with Crippen LogP contribution >= 0.6 is 22.7 Å². The van der Waals surface area contributed by atoms with Crippen molar-refractivity contribution in [2.75, 3.05) is 0 Å². The van der Waals surface area contributed by atoms with Gasteiger partial charge in [-0.05, 0) is 27.9 Å². The molecule has 0 fully saturated rings. The number of rotatable bonds is 3. The third-order valence-corrected chi connectivity index (χ3v) is 6.87. The van der Waals surface area contributed by atoms with E-state index >= 15 is 0 Å². The van der Waals surface area contributed by atoms with E-state index in [2.05, 4.69) is 59.9 Å². The molecule has 0 bridgehead atoms. The zero-order valence-electron chi connectivity index (χ0n) is 19.8. The van der Waals surface area contributed by atoms with Crippen LogP contribution in [0.25, 0.3) is 30.7 Å². The van der Waals surface area contributed by atoms with Crippen LogP contribution in [0.5, 0.6) is 0 Å². The predicted molar refractivity (Wildman–Crippen MR) is 138 cm³/mol. The first-order chi connectivity index (χ1) is 15.0. The number of nitrogens with zero attached hydrogens (tertiary/aromatic N) is 1. The van der Waals surface area contributed by atoms with Crippen LogP contribution in [-0.2, 0) is 30.6 Å². The molecule has 33 heavy (non-hydrogen) atoms. The van der Waals surface area contributed by atoms with E-state index in [1.54, 1.807) is 28.7 Å².